The molecule has 10 nitrogen and oxygen atoms in total. The summed E-state index contributed by atoms with van der Waals surface area (Å²) in [6.45, 7) is 0.00872. The molecule has 1 atom stereocenters. The van der Waals surface area contributed by atoms with Crippen LogP contribution in [0.15, 0.2) is 41.6 Å². The summed E-state index contributed by atoms with van der Waals surface area (Å²) in [7, 11) is 0. The molecule has 0 spiro atoms. The molecule has 0 amide bonds. The zero-order valence-corrected chi connectivity index (χ0v) is 15.8. The van der Waals surface area contributed by atoms with Crippen LogP contribution in [0.1, 0.15) is 11.8 Å². The van der Waals surface area contributed by atoms with Gasteiger partial charge in [0, 0.05) is 11.3 Å². The summed E-state index contributed by atoms with van der Waals surface area (Å²) in [5.41, 5.74) is 2.01. The largest absolute Gasteiger partial charge is 0.454 e. The monoisotopic (exact) mass is 411 g/mol. The molecule has 0 saturated heterocycles. The maximum Gasteiger partial charge on any atom is 0.282 e. The van der Waals surface area contributed by atoms with Crippen molar-refractivity contribution in [2.24, 2.45) is 0 Å². The van der Waals surface area contributed by atoms with Crippen LogP contribution in [0, 0.1) is 10.1 Å². The Morgan fingerprint density at radius 3 is 2.79 bits per heavy atom. The van der Waals surface area contributed by atoms with Crippen LogP contribution >= 0.6 is 11.8 Å². The molecule has 0 fully saturated rings. The molecule has 3 aromatic rings. The van der Waals surface area contributed by atoms with Crippen LogP contribution in [0.5, 0.6) is 17.4 Å². The predicted octanol–water partition coefficient (Wildman–Crippen LogP) is 3.40. The Hall–Kier alpha value is -3.60. The second-order valence-corrected chi connectivity index (χ2v) is 6.93. The number of hydrogen-bond donors (Lipinski definition) is 1. The normalized spacial score (nSPS) is 16.1. The number of nitro groups is 1. The standard InChI is InChI=1S/C18H13N5O5S/c1-29-18-20-17-15(21-22-18)9-4-2-3-5-11(9)19-16(28-17)10-6-13-14(27-8-26-13)7-12(10)23(24)25/h2-7,16,19H,8H2,1H3/t16-/m1/s1. The van der Waals surface area contributed by atoms with Gasteiger partial charge in [0.25, 0.3) is 5.69 Å². The Bertz CT molecular complexity index is 1140. The van der Waals surface area contributed by atoms with E-state index in [-0.39, 0.29) is 23.9 Å². The summed E-state index contributed by atoms with van der Waals surface area (Å²) >= 11 is 1.32. The van der Waals surface area contributed by atoms with E-state index in [1.54, 1.807) is 6.07 Å². The van der Waals surface area contributed by atoms with E-state index in [0.29, 0.717) is 28.0 Å². The average Bonchev–Trinajstić information content (AvgIpc) is 3.13. The van der Waals surface area contributed by atoms with Crippen LogP contribution in [0.3, 0.4) is 0 Å². The molecule has 2 aliphatic rings. The molecule has 3 heterocycles. The fraction of sp³-hybridized carbons (Fsp3) is 0.167. The van der Waals surface area contributed by atoms with Gasteiger partial charge in [-0.1, -0.05) is 30.0 Å². The second kappa shape index (κ2) is 6.78. The molecular weight excluding hydrogens is 398 g/mol. The highest BCUT2D eigenvalue weighted by Gasteiger charge is 2.33. The average molecular weight is 411 g/mol. The van der Waals surface area contributed by atoms with Gasteiger partial charge in [0.05, 0.1) is 16.6 Å². The Morgan fingerprint density at radius 1 is 1.21 bits per heavy atom. The second-order valence-electron chi connectivity index (χ2n) is 6.16. The third-order valence-corrected chi connectivity index (χ3v) is 5.06. The summed E-state index contributed by atoms with van der Waals surface area (Å²) in [4.78, 5) is 15.7. The minimum absolute atomic E-state index is 0.00872. The van der Waals surface area contributed by atoms with Crippen molar-refractivity contribution >= 4 is 23.1 Å². The molecule has 0 aliphatic carbocycles. The van der Waals surface area contributed by atoms with Crippen LogP contribution in [0.4, 0.5) is 11.4 Å². The molecular formula is C18H13N5O5S. The van der Waals surface area contributed by atoms with Crippen LogP contribution in [-0.4, -0.2) is 33.2 Å². The Morgan fingerprint density at radius 2 is 2.00 bits per heavy atom. The first-order valence-corrected chi connectivity index (χ1v) is 9.76. The minimum atomic E-state index is -0.904. The van der Waals surface area contributed by atoms with E-state index >= 15 is 0 Å². The third kappa shape index (κ3) is 2.95. The number of aromatic nitrogens is 3. The fourth-order valence-corrected chi connectivity index (χ4v) is 3.49. The molecule has 0 unspecified atom stereocenters. The lowest BCUT2D eigenvalue weighted by molar-refractivity contribution is -0.386. The van der Waals surface area contributed by atoms with E-state index < -0.39 is 11.2 Å². The van der Waals surface area contributed by atoms with Crippen LogP contribution in [0.2, 0.25) is 0 Å². The predicted molar refractivity (Wildman–Crippen MR) is 103 cm³/mol. The first-order chi connectivity index (χ1) is 14.1. The van der Waals surface area contributed by atoms with Crippen LogP contribution in [0.25, 0.3) is 11.3 Å². The van der Waals surface area contributed by atoms with Crippen molar-refractivity contribution in [2.45, 2.75) is 11.4 Å². The van der Waals surface area contributed by atoms with Gasteiger partial charge in [-0.05, 0) is 18.4 Å². The molecule has 5 rings (SSSR count). The van der Waals surface area contributed by atoms with E-state index in [4.69, 9.17) is 14.2 Å². The number of anilines is 1. The van der Waals surface area contributed by atoms with Crippen molar-refractivity contribution in [2.75, 3.05) is 18.4 Å². The van der Waals surface area contributed by atoms with Gasteiger partial charge in [-0.15, -0.1) is 10.2 Å². The van der Waals surface area contributed by atoms with E-state index in [2.05, 4.69) is 20.5 Å². The third-order valence-electron chi connectivity index (χ3n) is 4.52. The maximum atomic E-state index is 11.7. The molecule has 1 aromatic heterocycles. The number of rotatable bonds is 3. The van der Waals surface area contributed by atoms with Gasteiger partial charge in [0.15, 0.2) is 17.2 Å². The first-order valence-electron chi connectivity index (χ1n) is 8.53. The lowest BCUT2D eigenvalue weighted by atomic mass is 10.1. The molecule has 2 aromatic carbocycles. The molecule has 0 saturated carbocycles. The number of nitrogens with one attached hydrogen (secondary N) is 1. The highest BCUT2D eigenvalue weighted by molar-refractivity contribution is 7.98. The SMILES string of the molecule is CSc1nnc2c(n1)O[C@H](c1cc3c(cc1[N+](=O)[O-])OCO3)Nc1ccccc1-2. The lowest BCUT2D eigenvalue weighted by Crippen LogP contribution is -2.18. The smallest absolute Gasteiger partial charge is 0.282 e. The van der Waals surface area contributed by atoms with E-state index in [9.17, 15) is 10.1 Å². The number of para-hydroxylation sites is 1. The van der Waals surface area contributed by atoms with E-state index in [1.165, 1.54) is 17.8 Å². The zero-order chi connectivity index (χ0) is 20.0. The molecule has 11 heteroatoms. The molecule has 1 N–H and O–H groups in total. The lowest BCUT2D eigenvalue weighted by Gasteiger charge is -2.19. The summed E-state index contributed by atoms with van der Waals surface area (Å²) in [5, 5.41) is 23.7. The number of nitrogens with zero attached hydrogens (tertiary/aromatic N) is 4. The highest BCUT2D eigenvalue weighted by Crippen LogP contribution is 2.44. The molecule has 29 heavy (non-hydrogen) atoms. The van der Waals surface area contributed by atoms with Gasteiger partial charge in [-0.2, -0.15) is 4.98 Å². The van der Waals surface area contributed by atoms with Crippen LogP contribution < -0.4 is 19.5 Å². The summed E-state index contributed by atoms with van der Waals surface area (Å²) in [6, 6.07) is 10.3. The number of thioether (sulfide) groups is 1. The van der Waals surface area contributed by atoms with Crippen molar-refractivity contribution in [1.29, 1.82) is 0 Å². The Kier molecular flexibility index (Phi) is 4.09. The summed E-state index contributed by atoms with van der Waals surface area (Å²) < 4.78 is 16.8. The van der Waals surface area contributed by atoms with Gasteiger partial charge < -0.3 is 19.5 Å². The topological polar surface area (TPSA) is 122 Å². The first kappa shape index (κ1) is 17.5. The molecule has 0 radical (unpaired) electrons. The zero-order valence-electron chi connectivity index (χ0n) is 15.0. The fourth-order valence-electron chi connectivity index (χ4n) is 3.19. The number of benzene rings is 2. The Balaban J connectivity index is 1.69. The van der Waals surface area contributed by atoms with E-state index in [1.807, 2.05) is 30.5 Å². The number of nitro benzene ring substituents is 1. The maximum absolute atomic E-state index is 11.7. The van der Waals surface area contributed by atoms with Crippen LogP contribution in [-0.2, 0) is 0 Å². The van der Waals surface area contributed by atoms with Gasteiger partial charge in [-0.25, -0.2) is 0 Å². The number of fused-ring (bicyclic) bond motifs is 4. The van der Waals surface area contributed by atoms with Crippen molar-refractivity contribution in [3.63, 3.8) is 0 Å². The van der Waals surface area contributed by atoms with Gasteiger partial charge in [0.1, 0.15) is 0 Å². The quantitative estimate of drug-likeness (QED) is 0.390. The number of ether oxygens (including phenoxy) is 3. The molecule has 146 valence electrons. The van der Waals surface area contributed by atoms with Crippen molar-refractivity contribution in [1.82, 2.24) is 15.2 Å². The molecule has 2 aliphatic heterocycles. The summed E-state index contributed by atoms with van der Waals surface area (Å²) in [5.74, 6) is 0.974. The van der Waals surface area contributed by atoms with Crippen molar-refractivity contribution in [3.8, 4) is 28.6 Å². The summed E-state index contributed by atoms with van der Waals surface area (Å²) in [6.07, 6.45) is 0.922. The van der Waals surface area contributed by atoms with E-state index in [0.717, 1.165) is 5.56 Å². The minimum Gasteiger partial charge on any atom is -0.454 e. The van der Waals surface area contributed by atoms with Crippen molar-refractivity contribution in [3.05, 3.63) is 52.1 Å². The highest BCUT2D eigenvalue weighted by atomic mass is 32.2. The van der Waals surface area contributed by atoms with Gasteiger partial charge in [-0.3, -0.25) is 10.1 Å². The van der Waals surface area contributed by atoms with Gasteiger partial charge in [0.2, 0.25) is 24.1 Å². The van der Waals surface area contributed by atoms with Crippen molar-refractivity contribution < 1.29 is 19.1 Å². The molecule has 0 bridgehead atoms. The van der Waals surface area contributed by atoms with Gasteiger partial charge >= 0.3 is 0 Å². The Labute approximate surface area is 168 Å². The number of hydrogen-bond acceptors (Lipinski definition) is 10.